The topological polar surface area (TPSA) is 59.1 Å². The Morgan fingerprint density at radius 1 is 0.852 bits per heavy atom. The second-order valence-electron chi connectivity index (χ2n) is 6.52. The molecule has 0 aliphatic rings. The number of nitrogens with one attached hydrogen (secondary N) is 1. The van der Waals surface area contributed by atoms with Crippen molar-refractivity contribution in [2.24, 2.45) is 12.0 Å². The Hall–Kier alpha value is -3.24. The predicted octanol–water partition coefficient (Wildman–Crippen LogP) is 5.05. The zero-order valence-electron chi connectivity index (χ0n) is 14.8. The Kier molecular flexibility index (Phi) is 4.13. The summed E-state index contributed by atoms with van der Waals surface area (Å²) in [6.07, 6.45) is 0. The van der Waals surface area contributed by atoms with E-state index in [2.05, 4.69) is 59.1 Å². The Morgan fingerprint density at radius 2 is 1.52 bits per heavy atom. The molecule has 3 N–H and O–H groups in total. The first kappa shape index (κ1) is 17.2. The van der Waals surface area contributed by atoms with Crippen molar-refractivity contribution < 1.29 is 0 Å². The van der Waals surface area contributed by atoms with Gasteiger partial charge < -0.3 is 15.3 Å². The molecule has 3 aromatic carbocycles. The van der Waals surface area contributed by atoms with Gasteiger partial charge in [-0.15, -0.1) is 12.4 Å². The number of aryl methyl sites for hydroxylation is 1. The molecule has 0 aliphatic heterocycles. The fourth-order valence-electron chi connectivity index (χ4n) is 3.63. The molecule has 5 heteroatoms. The first-order chi connectivity index (χ1) is 12.7. The van der Waals surface area contributed by atoms with Gasteiger partial charge in [0.05, 0.1) is 21.9 Å². The first-order valence-corrected chi connectivity index (χ1v) is 8.61. The van der Waals surface area contributed by atoms with Crippen LogP contribution in [0, 0.1) is 0 Å². The summed E-state index contributed by atoms with van der Waals surface area (Å²) in [5.74, 6) is 0. The Morgan fingerprint density at radius 3 is 2.30 bits per heavy atom. The third-order valence-corrected chi connectivity index (χ3v) is 4.91. The highest BCUT2D eigenvalue weighted by molar-refractivity contribution is 6.09. The molecule has 0 saturated heterocycles. The summed E-state index contributed by atoms with van der Waals surface area (Å²) in [6, 6.07) is 24.4. The summed E-state index contributed by atoms with van der Waals surface area (Å²) in [5.41, 5.74) is 10.8. The number of nitrogens with zero attached hydrogens (tertiary/aromatic N) is 2. The zero-order valence-corrected chi connectivity index (χ0v) is 15.6. The lowest BCUT2D eigenvalue weighted by Crippen LogP contribution is -2.10. The molecule has 0 fully saturated rings. The van der Waals surface area contributed by atoms with Crippen LogP contribution in [0.25, 0.3) is 32.8 Å². The van der Waals surface area contributed by atoms with Crippen molar-refractivity contribution in [2.75, 3.05) is 5.73 Å². The summed E-state index contributed by atoms with van der Waals surface area (Å²) in [7, 11) is 2.09. The molecule has 0 saturated carbocycles. The van der Waals surface area contributed by atoms with Crippen molar-refractivity contribution in [3.8, 4) is 0 Å². The lowest BCUT2D eigenvalue weighted by atomic mass is 10.1. The number of anilines is 1. The number of pyridine rings is 1. The minimum atomic E-state index is 0. The third-order valence-electron chi connectivity index (χ3n) is 4.91. The number of halogens is 1. The molecule has 2 aromatic heterocycles. The van der Waals surface area contributed by atoms with E-state index in [0.717, 1.165) is 44.2 Å². The number of H-pyrrole nitrogens is 1. The van der Waals surface area contributed by atoms with E-state index >= 15 is 0 Å². The number of fused-ring (bicyclic) bond motifs is 4. The zero-order chi connectivity index (χ0) is 17.7. The minimum absolute atomic E-state index is 0. The maximum absolute atomic E-state index is 5.83. The van der Waals surface area contributed by atoms with Gasteiger partial charge in [-0.3, -0.25) is 0 Å². The summed E-state index contributed by atoms with van der Waals surface area (Å²) in [5, 5.41) is 4.43. The number of para-hydroxylation sites is 2. The molecular formula is C22H19ClN4. The van der Waals surface area contributed by atoms with E-state index in [0.29, 0.717) is 0 Å². The third kappa shape index (κ3) is 2.66. The Labute approximate surface area is 162 Å². The minimum Gasteiger partial charge on any atom is -0.399 e. The number of nitrogen functional groups attached to an aromatic ring is 1. The van der Waals surface area contributed by atoms with Crippen molar-refractivity contribution in [3.05, 3.63) is 78.2 Å². The molecule has 0 radical (unpaired) electrons. The van der Waals surface area contributed by atoms with Gasteiger partial charge in [0.25, 0.3) is 0 Å². The summed E-state index contributed by atoms with van der Waals surface area (Å²) in [6.45, 7) is 0. The number of rotatable bonds is 1. The van der Waals surface area contributed by atoms with Gasteiger partial charge in [0.2, 0.25) is 0 Å². The van der Waals surface area contributed by atoms with Gasteiger partial charge in [-0.1, -0.05) is 36.4 Å². The van der Waals surface area contributed by atoms with Gasteiger partial charge in [0.1, 0.15) is 5.65 Å². The second kappa shape index (κ2) is 6.49. The molecule has 134 valence electrons. The van der Waals surface area contributed by atoms with E-state index < -0.39 is 0 Å². The van der Waals surface area contributed by atoms with E-state index in [1.165, 1.54) is 5.39 Å². The monoisotopic (exact) mass is 374 g/mol. The predicted molar refractivity (Wildman–Crippen MR) is 116 cm³/mol. The summed E-state index contributed by atoms with van der Waals surface area (Å²) < 4.78 is 2.20. The van der Waals surface area contributed by atoms with Crippen molar-refractivity contribution in [3.63, 3.8) is 0 Å². The number of benzene rings is 3. The molecule has 2 heterocycles. The maximum Gasteiger partial charge on any atom is 0.120 e. The van der Waals surface area contributed by atoms with Gasteiger partial charge in [-0.05, 0) is 36.4 Å². The van der Waals surface area contributed by atoms with E-state index in [9.17, 15) is 0 Å². The van der Waals surface area contributed by atoms with Crippen LogP contribution in [-0.2, 0) is 7.05 Å². The van der Waals surface area contributed by atoms with Crippen molar-refractivity contribution in [1.29, 1.82) is 0 Å². The van der Waals surface area contributed by atoms with Crippen LogP contribution < -0.4 is 11.1 Å². The smallest absolute Gasteiger partial charge is 0.120 e. The molecule has 5 aromatic rings. The molecule has 27 heavy (non-hydrogen) atoms. The molecular weight excluding hydrogens is 356 g/mol. The SMILES string of the molecule is Cl.Cn1c2ccccc2c(=Nc2ccc(N)cc2)c2c3ccccc3[nH]c21. The van der Waals surface area contributed by atoms with E-state index in [1.807, 2.05) is 30.3 Å². The van der Waals surface area contributed by atoms with Crippen molar-refractivity contribution >= 4 is 56.6 Å². The Bertz CT molecular complexity index is 1340. The number of hydrogen-bond acceptors (Lipinski definition) is 2. The molecule has 0 amide bonds. The lowest BCUT2D eigenvalue weighted by Gasteiger charge is -2.09. The van der Waals surface area contributed by atoms with Gasteiger partial charge in [0.15, 0.2) is 0 Å². The van der Waals surface area contributed by atoms with Crippen LogP contribution in [0.3, 0.4) is 0 Å². The fraction of sp³-hybridized carbons (Fsp3) is 0.0455. The molecule has 0 spiro atoms. The second-order valence-corrected chi connectivity index (χ2v) is 6.52. The highest BCUT2D eigenvalue weighted by Gasteiger charge is 2.12. The van der Waals surface area contributed by atoms with E-state index in [1.54, 1.807) is 0 Å². The highest BCUT2D eigenvalue weighted by atomic mass is 35.5. The van der Waals surface area contributed by atoms with Crippen LogP contribution in [0.1, 0.15) is 0 Å². The standard InChI is InChI=1S/C22H18N4.ClH/c1-26-19-9-5-3-7-17(19)21(24-15-12-10-14(23)11-13-15)20-16-6-2-4-8-18(16)25-22(20)26;/h2-13,25H,23H2,1H3;1H. The van der Waals surface area contributed by atoms with Crippen LogP contribution in [0.15, 0.2) is 77.8 Å². The number of hydrogen-bond donors (Lipinski definition) is 2. The molecule has 5 rings (SSSR count). The summed E-state index contributed by atoms with van der Waals surface area (Å²) in [4.78, 5) is 8.57. The molecule has 0 aliphatic carbocycles. The van der Waals surface area contributed by atoms with Gasteiger partial charge >= 0.3 is 0 Å². The van der Waals surface area contributed by atoms with Crippen molar-refractivity contribution in [1.82, 2.24) is 9.55 Å². The van der Waals surface area contributed by atoms with Crippen LogP contribution in [0.5, 0.6) is 0 Å². The summed E-state index contributed by atoms with van der Waals surface area (Å²) >= 11 is 0. The van der Waals surface area contributed by atoms with Gasteiger partial charge in [-0.2, -0.15) is 0 Å². The largest absolute Gasteiger partial charge is 0.399 e. The van der Waals surface area contributed by atoms with Crippen LogP contribution in [-0.4, -0.2) is 9.55 Å². The van der Waals surface area contributed by atoms with Crippen molar-refractivity contribution in [2.45, 2.75) is 0 Å². The number of aromatic nitrogens is 2. The van der Waals surface area contributed by atoms with E-state index in [4.69, 9.17) is 10.7 Å². The van der Waals surface area contributed by atoms with Crippen LogP contribution >= 0.6 is 12.4 Å². The molecule has 0 atom stereocenters. The fourth-order valence-corrected chi connectivity index (χ4v) is 3.63. The average Bonchev–Trinajstić information content (AvgIpc) is 3.07. The Balaban J connectivity index is 0.00000180. The van der Waals surface area contributed by atoms with Crippen LogP contribution in [0.4, 0.5) is 11.4 Å². The molecule has 0 unspecified atom stereocenters. The maximum atomic E-state index is 5.83. The molecule has 0 bridgehead atoms. The number of aromatic amines is 1. The van der Waals surface area contributed by atoms with Gasteiger partial charge in [-0.25, -0.2) is 4.99 Å². The van der Waals surface area contributed by atoms with Crippen LogP contribution in [0.2, 0.25) is 0 Å². The average molecular weight is 375 g/mol. The quantitative estimate of drug-likeness (QED) is 0.396. The number of nitrogens with two attached hydrogens (primary N) is 1. The first-order valence-electron chi connectivity index (χ1n) is 8.61. The lowest BCUT2D eigenvalue weighted by molar-refractivity contribution is 0.984. The normalized spacial score (nSPS) is 12.0. The van der Waals surface area contributed by atoms with Gasteiger partial charge in [0, 0.05) is 29.0 Å². The molecule has 4 nitrogen and oxygen atoms in total. The van der Waals surface area contributed by atoms with E-state index in [-0.39, 0.29) is 12.4 Å². The highest BCUT2D eigenvalue weighted by Crippen LogP contribution is 2.26.